The largest absolute Gasteiger partial charge is 0.456 e. The number of hydrogen-bond acceptors (Lipinski definition) is 13. The molecule has 59 heavy (non-hydrogen) atoms. The Balaban J connectivity index is 2.09. The Bertz CT molecular complexity index is 1540. The fourth-order valence-corrected chi connectivity index (χ4v) is 9.21. The minimum Gasteiger partial charge on any atom is -0.456 e. The van der Waals surface area contributed by atoms with Gasteiger partial charge in [0.05, 0.1) is 36.6 Å². The lowest BCUT2D eigenvalue weighted by molar-refractivity contribution is -0.393. The van der Waals surface area contributed by atoms with Gasteiger partial charge in [-0.25, -0.2) is 4.79 Å². The number of ketones is 3. The second-order valence-corrected chi connectivity index (χ2v) is 18.3. The monoisotopic (exact) mass is 835 g/mol. The van der Waals surface area contributed by atoms with Crippen LogP contribution in [0.25, 0.3) is 0 Å². The highest BCUT2D eigenvalue weighted by atomic mass is 16.7. The van der Waals surface area contributed by atoms with Crippen molar-refractivity contribution < 1.29 is 64.0 Å². The lowest BCUT2D eigenvalue weighted by atomic mass is 9.69. The van der Waals surface area contributed by atoms with Crippen molar-refractivity contribution in [1.82, 2.24) is 0 Å². The number of fused-ring (bicyclic) bond motifs is 2. The molecule has 0 aromatic rings. The van der Waals surface area contributed by atoms with Crippen molar-refractivity contribution in [2.75, 3.05) is 0 Å². The van der Waals surface area contributed by atoms with Crippen LogP contribution in [0.1, 0.15) is 121 Å². The predicted molar refractivity (Wildman–Crippen MR) is 221 cm³/mol. The predicted octanol–water partition coefficient (Wildman–Crippen LogP) is 4.57. The zero-order valence-corrected chi connectivity index (χ0v) is 37.1. The fourth-order valence-electron chi connectivity index (χ4n) is 9.21. The Labute approximate surface area is 351 Å². The first kappa shape index (κ1) is 50.7. The Kier molecular flexibility index (Phi) is 18.0. The van der Waals surface area contributed by atoms with E-state index in [2.05, 4.69) is 0 Å². The molecule has 2 saturated heterocycles. The minimum absolute atomic E-state index is 0.0123. The molecule has 0 aromatic heterocycles. The van der Waals surface area contributed by atoms with Crippen molar-refractivity contribution in [3.63, 3.8) is 0 Å². The lowest BCUT2D eigenvalue weighted by Gasteiger charge is -2.58. The molecule has 3 rings (SSSR count). The number of esters is 1. The average Bonchev–Trinajstić information content (AvgIpc) is 3.19. The van der Waals surface area contributed by atoms with E-state index in [0.717, 1.165) is 12.5 Å². The summed E-state index contributed by atoms with van der Waals surface area (Å²) in [5.74, 6) is -10.5. The maximum Gasteiger partial charge on any atom is 0.330 e. The Hall–Kier alpha value is -2.62. The molecule has 18 unspecified atom stereocenters. The molecule has 0 aromatic carbocycles. The minimum atomic E-state index is -2.23. The molecule has 13 nitrogen and oxygen atoms in total. The van der Waals surface area contributed by atoms with Gasteiger partial charge in [-0.15, -0.1) is 0 Å². The fraction of sp³-hybridized carbons (Fsp3) is 0.783. The summed E-state index contributed by atoms with van der Waals surface area (Å²) in [6.45, 7) is 17.8. The molecule has 3 aliphatic rings. The number of Topliss-reactive ketones (excluding diaryl/α,β-unsaturated/α-hetero) is 3. The van der Waals surface area contributed by atoms with Crippen molar-refractivity contribution in [2.45, 2.75) is 181 Å². The highest BCUT2D eigenvalue weighted by Crippen LogP contribution is 2.51. The molecule has 336 valence electrons. The molecule has 0 radical (unpaired) electrons. The topological polar surface area (TPSA) is 217 Å². The highest BCUT2D eigenvalue weighted by Gasteiger charge is 2.70. The molecule has 3 heterocycles. The highest BCUT2D eigenvalue weighted by molar-refractivity contribution is 5.91. The van der Waals surface area contributed by atoms with E-state index < -0.39 is 119 Å². The summed E-state index contributed by atoms with van der Waals surface area (Å²) in [4.78, 5) is 54.9. The van der Waals surface area contributed by atoms with Gasteiger partial charge < -0.3 is 44.8 Å². The van der Waals surface area contributed by atoms with Crippen LogP contribution in [-0.2, 0) is 33.4 Å². The van der Waals surface area contributed by atoms with Gasteiger partial charge in [0.1, 0.15) is 17.5 Å². The summed E-state index contributed by atoms with van der Waals surface area (Å²) < 4.78 is 19.3. The third kappa shape index (κ3) is 11.1. The number of allylic oxidation sites excluding steroid dienone is 4. The first-order valence-corrected chi connectivity index (χ1v) is 21.8. The summed E-state index contributed by atoms with van der Waals surface area (Å²) in [7, 11) is 0. The van der Waals surface area contributed by atoms with E-state index in [9.17, 15) is 49.8 Å². The van der Waals surface area contributed by atoms with Crippen LogP contribution in [-0.4, -0.2) is 114 Å². The number of aliphatic hydroxyl groups excluding tert-OH is 4. The van der Waals surface area contributed by atoms with E-state index in [-0.39, 0.29) is 31.1 Å². The third-order valence-corrected chi connectivity index (χ3v) is 13.6. The van der Waals surface area contributed by atoms with E-state index >= 15 is 0 Å². The number of carbonyl (C=O) groups is 4. The summed E-state index contributed by atoms with van der Waals surface area (Å²) >= 11 is 0. The molecular weight excluding hydrogens is 760 g/mol. The molecule has 6 N–H and O–H groups in total. The molecule has 0 aliphatic carbocycles. The van der Waals surface area contributed by atoms with Crippen LogP contribution < -0.4 is 0 Å². The van der Waals surface area contributed by atoms with Crippen molar-refractivity contribution in [3.05, 3.63) is 36.5 Å². The number of rotatable bonds is 4. The Morgan fingerprint density at radius 2 is 1.46 bits per heavy atom. The summed E-state index contributed by atoms with van der Waals surface area (Å²) in [5, 5.41) is 67.7. The summed E-state index contributed by atoms with van der Waals surface area (Å²) in [6.07, 6.45) is 4.55. The number of carbonyl (C=O) groups excluding carboxylic acids is 4. The van der Waals surface area contributed by atoms with Gasteiger partial charge >= 0.3 is 5.97 Å². The van der Waals surface area contributed by atoms with Gasteiger partial charge in [-0.2, -0.15) is 0 Å². The first-order chi connectivity index (χ1) is 27.4. The summed E-state index contributed by atoms with van der Waals surface area (Å²) in [6, 6.07) is 0. The molecule has 3 aliphatic heterocycles. The third-order valence-electron chi connectivity index (χ3n) is 13.6. The Morgan fingerprint density at radius 3 is 2.05 bits per heavy atom. The van der Waals surface area contributed by atoms with Gasteiger partial charge in [0, 0.05) is 42.1 Å². The first-order valence-electron chi connectivity index (χ1n) is 21.8. The van der Waals surface area contributed by atoms with Crippen molar-refractivity contribution in [2.24, 2.45) is 47.3 Å². The van der Waals surface area contributed by atoms with Crippen LogP contribution in [0.4, 0.5) is 0 Å². The van der Waals surface area contributed by atoms with Crippen LogP contribution >= 0.6 is 0 Å². The van der Waals surface area contributed by atoms with E-state index in [1.807, 2.05) is 38.2 Å². The van der Waals surface area contributed by atoms with Crippen molar-refractivity contribution in [3.8, 4) is 0 Å². The number of aliphatic hydroxyl groups is 6. The smallest absolute Gasteiger partial charge is 0.330 e. The summed E-state index contributed by atoms with van der Waals surface area (Å²) in [5.41, 5.74) is -4.34. The van der Waals surface area contributed by atoms with Gasteiger partial charge in [0.25, 0.3) is 5.79 Å². The standard InChI is InChI=1S/C46H74O13/c1-12-33-18-16-14-15-17-26(4)41(53)44(11,55)42(54)32(10)40(52)31(9)39(51)30(8)38(50)25(3)19-22-37(49)57-43-29(7)34(21-20-33)58-46(45(43,56)13-2)36(48)23-27(5)35(59-46)24-28(6)47/h14-16,18-19,22,25-35,38,40-41,43,47,50,52-53,55-56H,12-13,17,20-21,23-24H2,1-11H3. The van der Waals surface area contributed by atoms with Gasteiger partial charge in [-0.05, 0) is 70.1 Å². The Morgan fingerprint density at radius 1 is 0.831 bits per heavy atom. The SMILES string of the molecule is CCC1C=CC=CCC(C)C(O)C(C)(O)C(=O)C(C)C(O)C(C)C(=O)C(C)C(O)C(C)C=CC(=O)OC2C(C)C(CC1)OC1(OC(CC(C)O)C(C)CC1=O)C2(O)CC. The van der Waals surface area contributed by atoms with E-state index in [1.165, 1.54) is 33.8 Å². The van der Waals surface area contributed by atoms with Gasteiger partial charge in [0.15, 0.2) is 17.2 Å². The quantitative estimate of drug-likeness (QED) is 0.214. The normalized spacial score (nSPS) is 44.7. The number of ether oxygens (including phenoxy) is 3. The molecule has 13 heteroatoms. The lowest BCUT2D eigenvalue weighted by Crippen LogP contribution is -2.76. The molecule has 0 amide bonds. The van der Waals surface area contributed by atoms with Gasteiger partial charge in [-0.3, -0.25) is 14.4 Å². The van der Waals surface area contributed by atoms with Gasteiger partial charge in [0.2, 0.25) is 0 Å². The molecular formula is C46H74O13. The second kappa shape index (κ2) is 21.0. The van der Waals surface area contributed by atoms with Crippen LogP contribution in [0, 0.1) is 47.3 Å². The van der Waals surface area contributed by atoms with E-state index in [0.29, 0.717) is 19.3 Å². The van der Waals surface area contributed by atoms with Crippen molar-refractivity contribution >= 4 is 23.3 Å². The maximum absolute atomic E-state index is 14.2. The molecule has 18 atom stereocenters. The van der Waals surface area contributed by atoms with E-state index in [4.69, 9.17) is 14.2 Å². The molecule has 2 fully saturated rings. The zero-order chi connectivity index (χ0) is 44.8. The van der Waals surface area contributed by atoms with Crippen LogP contribution in [0.2, 0.25) is 0 Å². The van der Waals surface area contributed by atoms with Gasteiger partial charge in [-0.1, -0.05) is 92.7 Å². The van der Waals surface area contributed by atoms with Crippen molar-refractivity contribution in [1.29, 1.82) is 0 Å². The van der Waals surface area contributed by atoms with Crippen LogP contribution in [0.5, 0.6) is 0 Å². The number of hydrogen-bond donors (Lipinski definition) is 6. The maximum atomic E-state index is 14.2. The molecule has 0 saturated carbocycles. The van der Waals surface area contributed by atoms with E-state index in [1.54, 1.807) is 34.6 Å². The average molecular weight is 835 g/mol. The zero-order valence-electron chi connectivity index (χ0n) is 37.1. The second-order valence-electron chi connectivity index (χ2n) is 18.3. The molecule has 1 spiro atoms. The molecule has 2 bridgehead atoms. The van der Waals surface area contributed by atoms with Crippen LogP contribution in [0.3, 0.4) is 0 Å². The van der Waals surface area contributed by atoms with Crippen LogP contribution in [0.15, 0.2) is 36.5 Å².